The summed E-state index contributed by atoms with van der Waals surface area (Å²) >= 11 is 0. The van der Waals surface area contributed by atoms with Gasteiger partial charge in [-0.2, -0.15) is 0 Å². The lowest BCUT2D eigenvalue weighted by Gasteiger charge is -2.34. The molecule has 1 atom stereocenters. The van der Waals surface area contributed by atoms with Gasteiger partial charge in [-0.25, -0.2) is 0 Å². The van der Waals surface area contributed by atoms with Crippen LogP contribution in [-0.4, -0.2) is 35.5 Å². The Bertz CT molecular complexity index is 842. The molecule has 4 heteroatoms. The van der Waals surface area contributed by atoms with E-state index < -0.39 is 0 Å². The fourth-order valence-corrected chi connectivity index (χ4v) is 4.52. The molecule has 2 fully saturated rings. The van der Waals surface area contributed by atoms with Gasteiger partial charge >= 0.3 is 0 Å². The van der Waals surface area contributed by atoms with Crippen molar-refractivity contribution in [2.75, 3.05) is 19.7 Å². The van der Waals surface area contributed by atoms with E-state index in [9.17, 15) is 4.79 Å². The quantitative estimate of drug-likeness (QED) is 0.793. The van der Waals surface area contributed by atoms with Gasteiger partial charge in [0.15, 0.2) is 0 Å². The molecule has 1 aromatic carbocycles. The summed E-state index contributed by atoms with van der Waals surface area (Å²) in [6.45, 7) is 6.10. The summed E-state index contributed by atoms with van der Waals surface area (Å²) in [5.41, 5.74) is 5.85. The van der Waals surface area contributed by atoms with Crippen molar-refractivity contribution in [3.05, 3.63) is 64.5 Å². The maximum absolute atomic E-state index is 12.8. The number of rotatable bonds is 4. The highest BCUT2D eigenvalue weighted by molar-refractivity contribution is 5.79. The van der Waals surface area contributed by atoms with E-state index in [4.69, 9.17) is 9.72 Å². The lowest BCUT2D eigenvalue weighted by atomic mass is 9.99. The lowest BCUT2D eigenvalue weighted by molar-refractivity contribution is -0.143. The predicted octanol–water partition coefficient (Wildman–Crippen LogP) is 4.38. The van der Waals surface area contributed by atoms with Crippen LogP contribution in [0.3, 0.4) is 0 Å². The number of morpholine rings is 1. The Hall–Kier alpha value is -2.20. The molecule has 4 nitrogen and oxygen atoms in total. The fraction of sp³-hybridized carbons (Fsp3) is 0.500. The van der Waals surface area contributed by atoms with Crippen molar-refractivity contribution in [2.24, 2.45) is 5.92 Å². The molecule has 0 unspecified atom stereocenters. The molecule has 0 bridgehead atoms. The minimum absolute atomic E-state index is 0.130. The SMILES string of the molecule is Cc1cc(Cc2ccccc2C)cc([C@H]2CN(C(=O)C3CCCC3)CCO2)n1. The van der Waals surface area contributed by atoms with E-state index >= 15 is 0 Å². The van der Waals surface area contributed by atoms with Crippen LogP contribution >= 0.6 is 0 Å². The highest BCUT2D eigenvalue weighted by Crippen LogP contribution is 2.29. The van der Waals surface area contributed by atoms with Crippen LogP contribution in [0.4, 0.5) is 0 Å². The molecule has 0 spiro atoms. The number of pyridine rings is 1. The zero-order chi connectivity index (χ0) is 19.5. The molecule has 2 heterocycles. The molecule has 2 aromatic rings. The summed E-state index contributed by atoms with van der Waals surface area (Å²) in [5, 5.41) is 0. The monoisotopic (exact) mass is 378 g/mol. The van der Waals surface area contributed by atoms with E-state index in [1.165, 1.54) is 29.5 Å². The van der Waals surface area contributed by atoms with Crippen LogP contribution in [-0.2, 0) is 16.0 Å². The second kappa shape index (κ2) is 8.44. The topological polar surface area (TPSA) is 42.4 Å². The number of carbonyl (C=O) groups excluding carboxylic acids is 1. The zero-order valence-electron chi connectivity index (χ0n) is 17.0. The number of nitrogens with zero attached hydrogens (tertiary/aromatic N) is 2. The Kier molecular flexibility index (Phi) is 5.77. The lowest BCUT2D eigenvalue weighted by Crippen LogP contribution is -2.44. The van der Waals surface area contributed by atoms with Crippen LogP contribution in [0.2, 0.25) is 0 Å². The van der Waals surface area contributed by atoms with Gasteiger partial charge in [0.1, 0.15) is 6.10 Å². The number of hydrogen-bond acceptors (Lipinski definition) is 3. The minimum atomic E-state index is -0.130. The summed E-state index contributed by atoms with van der Waals surface area (Å²) in [5.74, 6) is 0.541. The second-order valence-corrected chi connectivity index (χ2v) is 8.27. The maximum atomic E-state index is 12.8. The Labute approximate surface area is 167 Å². The van der Waals surface area contributed by atoms with Crippen LogP contribution in [0.1, 0.15) is 59.9 Å². The molecule has 1 amide bonds. The van der Waals surface area contributed by atoms with E-state index in [1.807, 2.05) is 11.8 Å². The Morgan fingerprint density at radius 3 is 2.75 bits per heavy atom. The highest BCUT2D eigenvalue weighted by atomic mass is 16.5. The first-order chi connectivity index (χ1) is 13.6. The molecule has 0 N–H and O–H groups in total. The average Bonchev–Trinajstić information content (AvgIpc) is 3.24. The second-order valence-electron chi connectivity index (χ2n) is 8.27. The van der Waals surface area contributed by atoms with Gasteiger partial charge in [0.2, 0.25) is 5.91 Å². The number of amides is 1. The zero-order valence-corrected chi connectivity index (χ0v) is 17.0. The number of hydrogen-bond donors (Lipinski definition) is 0. The van der Waals surface area contributed by atoms with Crippen molar-refractivity contribution in [3.8, 4) is 0 Å². The minimum Gasteiger partial charge on any atom is -0.368 e. The molecule has 148 valence electrons. The van der Waals surface area contributed by atoms with Crippen LogP contribution in [0.5, 0.6) is 0 Å². The molecular formula is C24H30N2O2. The van der Waals surface area contributed by atoms with E-state index in [0.29, 0.717) is 25.6 Å². The first-order valence-corrected chi connectivity index (χ1v) is 10.5. The van der Waals surface area contributed by atoms with Gasteiger partial charge in [-0.1, -0.05) is 37.1 Å². The molecule has 0 radical (unpaired) electrons. The summed E-state index contributed by atoms with van der Waals surface area (Å²) in [6, 6.07) is 12.8. The largest absolute Gasteiger partial charge is 0.368 e. The highest BCUT2D eigenvalue weighted by Gasteiger charge is 2.32. The third-order valence-corrected chi connectivity index (χ3v) is 6.10. The number of aromatic nitrogens is 1. The van der Waals surface area contributed by atoms with Crippen molar-refractivity contribution < 1.29 is 9.53 Å². The fourth-order valence-electron chi connectivity index (χ4n) is 4.52. The number of aryl methyl sites for hydroxylation is 2. The summed E-state index contributed by atoms with van der Waals surface area (Å²) in [7, 11) is 0. The predicted molar refractivity (Wildman–Crippen MR) is 110 cm³/mol. The first-order valence-electron chi connectivity index (χ1n) is 10.5. The maximum Gasteiger partial charge on any atom is 0.225 e. The number of benzene rings is 1. The standard InChI is InChI=1S/C24H30N2O2/c1-17-7-3-4-10-21(17)14-19-13-18(2)25-22(15-19)23-16-26(11-12-28-23)24(27)20-8-5-6-9-20/h3-4,7,10,13,15,20,23H,5-6,8-9,11-12,14,16H2,1-2H3/t23-/m1/s1. The molecular weight excluding hydrogens is 348 g/mol. The van der Waals surface area contributed by atoms with E-state index in [-0.39, 0.29) is 12.0 Å². The molecule has 1 aliphatic heterocycles. The van der Waals surface area contributed by atoms with Crippen molar-refractivity contribution in [1.29, 1.82) is 0 Å². The van der Waals surface area contributed by atoms with Gasteiger partial charge in [-0.15, -0.1) is 0 Å². The third-order valence-electron chi connectivity index (χ3n) is 6.10. The molecule has 1 aromatic heterocycles. The van der Waals surface area contributed by atoms with Crippen LogP contribution in [0.25, 0.3) is 0 Å². The normalized spacial score (nSPS) is 20.5. The van der Waals surface area contributed by atoms with E-state index in [2.05, 4.69) is 43.3 Å². The van der Waals surface area contributed by atoms with Crippen molar-refractivity contribution in [1.82, 2.24) is 9.88 Å². The van der Waals surface area contributed by atoms with Crippen molar-refractivity contribution >= 4 is 5.91 Å². The van der Waals surface area contributed by atoms with Gasteiger partial charge in [0.25, 0.3) is 0 Å². The smallest absolute Gasteiger partial charge is 0.225 e. The van der Waals surface area contributed by atoms with Crippen LogP contribution in [0.15, 0.2) is 36.4 Å². The van der Waals surface area contributed by atoms with Crippen LogP contribution < -0.4 is 0 Å². The Morgan fingerprint density at radius 1 is 1.18 bits per heavy atom. The Morgan fingerprint density at radius 2 is 1.96 bits per heavy atom. The summed E-state index contributed by atoms with van der Waals surface area (Å²) in [6.07, 6.45) is 5.22. The van der Waals surface area contributed by atoms with Crippen molar-refractivity contribution in [2.45, 2.75) is 52.1 Å². The van der Waals surface area contributed by atoms with E-state index in [0.717, 1.165) is 30.7 Å². The number of carbonyl (C=O) groups is 1. The molecule has 1 saturated carbocycles. The first kappa shape index (κ1) is 19.1. The summed E-state index contributed by atoms with van der Waals surface area (Å²) in [4.78, 5) is 19.6. The van der Waals surface area contributed by atoms with E-state index in [1.54, 1.807) is 0 Å². The van der Waals surface area contributed by atoms with Crippen molar-refractivity contribution in [3.63, 3.8) is 0 Å². The van der Waals surface area contributed by atoms with Gasteiger partial charge in [0.05, 0.1) is 18.8 Å². The third kappa shape index (κ3) is 4.27. The van der Waals surface area contributed by atoms with Gasteiger partial charge in [-0.3, -0.25) is 9.78 Å². The molecule has 2 aliphatic rings. The molecule has 1 aliphatic carbocycles. The molecule has 28 heavy (non-hydrogen) atoms. The number of ether oxygens (including phenoxy) is 1. The molecule has 1 saturated heterocycles. The van der Waals surface area contributed by atoms with Gasteiger partial charge < -0.3 is 9.64 Å². The Balaban J connectivity index is 1.51. The summed E-state index contributed by atoms with van der Waals surface area (Å²) < 4.78 is 6.03. The average molecular weight is 379 g/mol. The van der Waals surface area contributed by atoms with Gasteiger partial charge in [-0.05, 0) is 61.9 Å². The molecule has 4 rings (SSSR count). The van der Waals surface area contributed by atoms with Gasteiger partial charge in [0, 0.05) is 18.2 Å². The van der Waals surface area contributed by atoms with Crippen LogP contribution in [0, 0.1) is 19.8 Å².